The second kappa shape index (κ2) is 12.8. The van der Waals surface area contributed by atoms with E-state index >= 15 is 0 Å². The summed E-state index contributed by atoms with van der Waals surface area (Å²) in [6, 6.07) is 20.6. The van der Waals surface area contributed by atoms with E-state index in [1.54, 1.807) is 12.1 Å². The second-order valence-electron chi connectivity index (χ2n) is 10.6. The largest absolute Gasteiger partial charge is 0.342 e. The van der Waals surface area contributed by atoms with Crippen LogP contribution >= 0.6 is 0 Å². The summed E-state index contributed by atoms with van der Waals surface area (Å²) in [6.07, 6.45) is 1.60. The zero-order valence-corrected chi connectivity index (χ0v) is 22.6. The van der Waals surface area contributed by atoms with Crippen molar-refractivity contribution in [2.75, 3.05) is 6.54 Å². The van der Waals surface area contributed by atoms with Crippen LogP contribution in [0.15, 0.2) is 84.9 Å². The van der Waals surface area contributed by atoms with Gasteiger partial charge in [0.25, 0.3) is 0 Å². The molecule has 0 aliphatic carbocycles. The van der Waals surface area contributed by atoms with E-state index in [1.807, 2.05) is 60.7 Å². The number of nitrogens with zero attached hydrogens (tertiary/aromatic N) is 1. The normalized spacial score (nSPS) is 23.5. The van der Waals surface area contributed by atoms with E-state index in [-0.39, 0.29) is 25.2 Å². The number of hydrogen-bond donors (Lipinski definition) is 3. The van der Waals surface area contributed by atoms with E-state index in [1.165, 1.54) is 17.0 Å². The maximum absolute atomic E-state index is 13.9. The molecule has 8 nitrogen and oxygen atoms in total. The van der Waals surface area contributed by atoms with Crippen LogP contribution in [0.1, 0.15) is 29.5 Å². The first-order chi connectivity index (χ1) is 19.9. The summed E-state index contributed by atoms with van der Waals surface area (Å²) in [4.78, 5) is 56.3. The highest BCUT2D eigenvalue weighted by Gasteiger charge is 2.40. The Labute approximate surface area is 238 Å². The molecule has 212 valence electrons. The molecule has 3 N–H and O–H groups in total. The predicted octanol–water partition coefficient (Wildman–Crippen LogP) is 2.31. The van der Waals surface area contributed by atoms with Crippen molar-refractivity contribution in [2.24, 2.45) is 0 Å². The lowest BCUT2D eigenvalue weighted by atomic mass is 9.99. The third-order valence-corrected chi connectivity index (χ3v) is 7.64. The van der Waals surface area contributed by atoms with Crippen LogP contribution in [-0.2, 0) is 38.4 Å². The van der Waals surface area contributed by atoms with E-state index in [2.05, 4.69) is 16.0 Å². The van der Waals surface area contributed by atoms with Gasteiger partial charge in [0.15, 0.2) is 0 Å². The third-order valence-electron chi connectivity index (χ3n) is 7.64. The number of nitrogens with one attached hydrogen (secondary N) is 3. The SMILES string of the molecule is O=C1N[C@H](Cc2ccccc2)C(=O)N[C@@H](Cc2ccccc2)C(=O)N2CCC[C@@H]2C(=O)N[C@H]1Cc1ccc(F)cc1. The van der Waals surface area contributed by atoms with E-state index in [0.29, 0.717) is 24.9 Å². The van der Waals surface area contributed by atoms with Crippen molar-refractivity contribution >= 4 is 23.6 Å². The molecule has 5 rings (SSSR count). The van der Waals surface area contributed by atoms with Crippen molar-refractivity contribution in [3.8, 4) is 0 Å². The van der Waals surface area contributed by atoms with Gasteiger partial charge in [-0.15, -0.1) is 0 Å². The van der Waals surface area contributed by atoms with Crippen LogP contribution in [0.2, 0.25) is 0 Å². The van der Waals surface area contributed by atoms with Crippen molar-refractivity contribution in [3.05, 3.63) is 107 Å². The molecule has 2 aliphatic rings. The summed E-state index contributed by atoms with van der Waals surface area (Å²) in [7, 11) is 0. The lowest BCUT2D eigenvalue weighted by Crippen LogP contribution is -2.62. The van der Waals surface area contributed by atoms with Gasteiger partial charge < -0.3 is 20.9 Å². The Kier molecular flexibility index (Phi) is 8.72. The molecule has 2 fully saturated rings. The number of halogens is 1. The van der Waals surface area contributed by atoms with Gasteiger partial charge in [-0.05, 0) is 41.7 Å². The van der Waals surface area contributed by atoms with Crippen molar-refractivity contribution in [3.63, 3.8) is 0 Å². The fourth-order valence-electron chi connectivity index (χ4n) is 5.49. The van der Waals surface area contributed by atoms with Crippen LogP contribution in [0.25, 0.3) is 0 Å². The smallest absolute Gasteiger partial charge is 0.246 e. The molecule has 2 saturated heterocycles. The molecule has 0 saturated carbocycles. The van der Waals surface area contributed by atoms with Gasteiger partial charge >= 0.3 is 0 Å². The zero-order chi connectivity index (χ0) is 28.8. The summed E-state index contributed by atoms with van der Waals surface area (Å²) < 4.78 is 13.5. The second-order valence-corrected chi connectivity index (χ2v) is 10.6. The zero-order valence-electron chi connectivity index (χ0n) is 22.6. The van der Waals surface area contributed by atoms with Crippen molar-refractivity contribution in [1.29, 1.82) is 0 Å². The van der Waals surface area contributed by atoms with Gasteiger partial charge in [0.05, 0.1) is 0 Å². The fraction of sp³-hybridized carbons (Fsp3) is 0.312. The first-order valence-corrected chi connectivity index (χ1v) is 13.9. The van der Waals surface area contributed by atoms with Gasteiger partial charge in [-0.3, -0.25) is 19.2 Å². The van der Waals surface area contributed by atoms with Crippen LogP contribution in [0, 0.1) is 5.82 Å². The lowest BCUT2D eigenvalue weighted by molar-refractivity contribution is -0.143. The molecule has 41 heavy (non-hydrogen) atoms. The van der Waals surface area contributed by atoms with Crippen LogP contribution in [-0.4, -0.2) is 59.2 Å². The fourth-order valence-corrected chi connectivity index (χ4v) is 5.49. The number of benzene rings is 3. The van der Waals surface area contributed by atoms with Gasteiger partial charge in [0.2, 0.25) is 23.6 Å². The molecule has 0 radical (unpaired) electrons. The first kappa shape index (κ1) is 28.0. The van der Waals surface area contributed by atoms with E-state index in [0.717, 1.165) is 11.1 Å². The van der Waals surface area contributed by atoms with Crippen LogP contribution in [0.3, 0.4) is 0 Å². The molecule has 0 bridgehead atoms. The quantitative estimate of drug-likeness (QED) is 0.433. The molecule has 0 aromatic heterocycles. The Hall–Kier alpha value is -4.53. The first-order valence-electron chi connectivity index (χ1n) is 13.9. The molecule has 2 heterocycles. The Bertz CT molecular complexity index is 1380. The summed E-state index contributed by atoms with van der Waals surface area (Å²) >= 11 is 0. The number of carbonyl (C=O) groups excluding carboxylic acids is 4. The molecule has 2 aliphatic heterocycles. The van der Waals surface area contributed by atoms with Crippen molar-refractivity contribution < 1.29 is 23.6 Å². The van der Waals surface area contributed by atoms with Gasteiger partial charge in [-0.2, -0.15) is 0 Å². The number of rotatable bonds is 6. The minimum Gasteiger partial charge on any atom is -0.342 e. The van der Waals surface area contributed by atoms with E-state index in [9.17, 15) is 23.6 Å². The van der Waals surface area contributed by atoms with Crippen LogP contribution < -0.4 is 16.0 Å². The topological polar surface area (TPSA) is 108 Å². The maximum Gasteiger partial charge on any atom is 0.246 e. The maximum atomic E-state index is 13.9. The molecule has 9 heteroatoms. The van der Waals surface area contributed by atoms with Gasteiger partial charge in [0.1, 0.15) is 30.0 Å². The number of fused-ring (bicyclic) bond motifs is 1. The Balaban J connectivity index is 1.48. The molecular formula is C32H33FN4O4. The minimum absolute atomic E-state index is 0.0921. The standard InChI is InChI=1S/C32H33FN4O4/c33-24-15-13-23(14-16-24)19-26-29(38)34-25(18-21-8-3-1-4-9-21)30(39)36-27(20-22-10-5-2-6-11-22)32(41)37-17-7-12-28(37)31(40)35-26/h1-6,8-11,13-16,25-28H,7,12,17-20H2,(H,34,38)(H,35,40)(H,36,39)/t25-,26+,27+,28-/m1/s1. The highest BCUT2D eigenvalue weighted by atomic mass is 19.1. The Morgan fingerprint density at radius 3 is 1.63 bits per heavy atom. The molecule has 4 atom stereocenters. The number of amides is 4. The summed E-state index contributed by atoms with van der Waals surface area (Å²) in [6.45, 7) is 0.375. The minimum atomic E-state index is -1.03. The monoisotopic (exact) mass is 556 g/mol. The van der Waals surface area contributed by atoms with Gasteiger partial charge in [-0.25, -0.2) is 4.39 Å². The van der Waals surface area contributed by atoms with Gasteiger partial charge in [-0.1, -0.05) is 72.8 Å². The molecule has 3 aromatic carbocycles. The van der Waals surface area contributed by atoms with Crippen molar-refractivity contribution in [2.45, 2.75) is 56.3 Å². The third kappa shape index (κ3) is 6.98. The van der Waals surface area contributed by atoms with Crippen molar-refractivity contribution in [1.82, 2.24) is 20.9 Å². The average molecular weight is 557 g/mol. The average Bonchev–Trinajstić information content (AvgIpc) is 3.48. The van der Waals surface area contributed by atoms with E-state index in [4.69, 9.17) is 0 Å². The molecule has 4 amide bonds. The number of hydrogen-bond acceptors (Lipinski definition) is 4. The predicted molar refractivity (Wildman–Crippen MR) is 151 cm³/mol. The highest BCUT2D eigenvalue weighted by Crippen LogP contribution is 2.21. The van der Waals surface area contributed by atoms with Gasteiger partial charge in [0, 0.05) is 25.8 Å². The molecule has 0 spiro atoms. The highest BCUT2D eigenvalue weighted by molar-refractivity contribution is 5.98. The Morgan fingerprint density at radius 2 is 1.07 bits per heavy atom. The Morgan fingerprint density at radius 1 is 0.610 bits per heavy atom. The molecule has 0 unspecified atom stereocenters. The van der Waals surface area contributed by atoms with Crippen LogP contribution in [0.4, 0.5) is 4.39 Å². The van der Waals surface area contributed by atoms with Crippen LogP contribution in [0.5, 0.6) is 0 Å². The summed E-state index contributed by atoms with van der Waals surface area (Å²) in [5, 5.41) is 8.57. The lowest BCUT2D eigenvalue weighted by Gasteiger charge is -2.32. The summed E-state index contributed by atoms with van der Waals surface area (Å²) in [5.41, 5.74) is 2.33. The molecule has 3 aromatic rings. The molecular weight excluding hydrogens is 523 g/mol. The summed E-state index contributed by atoms with van der Waals surface area (Å²) in [5.74, 6) is -2.19. The number of carbonyl (C=O) groups is 4. The van der Waals surface area contributed by atoms with E-state index < -0.39 is 47.7 Å².